The zero-order valence-corrected chi connectivity index (χ0v) is 10.2. The molecule has 1 N–H and O–H groups in total. The van der Waals surface area contributed by atoms with Crippen molar-refractivity contribution < 1.29 is 14.2 Å². The van der Waals surface area contributed by atoms with Crippen LogP contribution in [0, 0.1) is 11.7 Å². The number of halogens is 1. The summed E-state index contributed by atoms with van der Waals surface area (Å²) in [6.45, 7) is 5.51. The molecule has 3 heteroatoms. The van der Waals surface area contributed by atoms with Crippen LogP contribution in [0.3, 0.4) is 0 Å². The molecule has 0 aliphatic carbocycles. The third kappa shape index (κ3) is 2.19. The Morgan fingerprint density at radius 3 is 2.62 bits per heavy atom. The zero-order chi connectivity index (χ0) is 12.3. The van der Waals surface area contributed by atoms with Crippen LogP contribution in [0.2, 0.25) is 0 Å². The molecule has 16 heavy (non-hydrogen) atoms. The summed E-state index contributed by atoms with van der Waals surface area (Å²) < 4.78 is 18.9. The third-order valence-corrected chi connectivity index (χ3v) is 3.30. The molecule has 0 saturated carbocycles. The molecule has 0 saturated heterocycles. The molecule has 0 fully saturated rings. The van der Waals surface area contributed by atoms with Gasteiger partial charge in [0.1, 0.15) is 0 Å². The number of benzene rings is 1. The van der Waals surface area contributed by atoms with E-state index in [-0.39, 0.29) is 11.7 Å². The van der Waals surface area contributed by atoms with Crippen LogP contribution in [0.4, 0.5) is 4.39 Å². The molecule has 0 amide bonds. The number of rotatable bonds is 4. The lowest BCUT2D eigenvalue weighted by Gasteiger charge is -2.30. The summed E-state index contributed by atoms with van der Waals surface area (Å²) in [7, 11) is 1.42. The lowest BCUT2D eigenvalue weighted by molar-refractivity contribution is -0.00349. The molecule has 90 valence electrons. The van der Waals surface area contributed by atoms with Gasteiger partial charge in [-0.1, -0.05) is 32.4 Å². The van der Waals surface area contributed by atoms with Gasteiger partial charge in [-0.25, -0.2) is 4.39 Å². The van der Waals surface area contributed by atoms with Gasteiger partial charge in [-0.15, -0.1) is 0 Å². The SMILES string of the molecule is CCC(C)C(C)(O)c1cccc(OC)c1F. The maximum Gasteiger partial charge on any atom is 0.171 e. The van der Waals surface area contributed by atoms with Crippen molar-refractivity contribution >= 4 is 0 Å². The van der Waals surface area contributed by atoms with Crippen LogP contribution in [-0.2, 0) is 5.60 Å². The highest BCUT2D eigenvalue weighted by Crippen LogP contribution is 2.35. The number of hydrogen-bond acceptors (Lipinski definition) is 2. The van der Waals surface area contributed by atoms with Gasteiger partial charge in [-0.3, -0.25) is 0 Å². The molecule has 1 rings (SSSR count). The van der Waals surface area contributed by atoms with E-state index in [1.54, 1.807) is 25.1 Å². The third-order valence-electron chi connectivity index (χ3n) is 3.30. The maximum absolute atomic E-state index is 14.0. The number of methoxy groups -OCH3 is 1. The summed E-state index contributed by atoms with van der Waals surface area (Å²) in [5.41, 5.74) is -0.880. The second kappa shape index (κ2) is 4.83. The Balaban J connectivity index is 3.22. The van der Waals surface area contributed by atoms with Gasteiger partial charge in [-0.2, -0.15) is 0 Å². The van der Waals surface area contributed by atoms with Crippen molar-refractivity contribution in [3.63, 3.8) is 0 Å². The fourth-order valence-corrected chi connectivity index (χ4v) is 1.72. The summed E-state index contributed by atoms with van der Waals surface area (Å²) in [6.07, 6.45) is 0.781. The Bertz CT molecular complexity index is 361. The van der Waals surface area contributed by atoms with E-state index in [4.69, 9.17) is 4.74 Å². The largest absolute Gasteiger partial charge is 0.494 e. The topological polar surface area (TPSA) is 29.5 Å². The second-order valence-corrected chi connectivity index (χ2v) is 4.28. The molecule has 0 aliphatic heterocycles. The highest BCUT2D eigenvalue weighted by atomic mass is 19.1. The van der Waals surface area contributed by atoms with E-state index in [1.807, 2.05) is 13.8 Å². The van der Waals surface area contributed by atoms with Crippen LogP contribution in [0.5, 0.6) is 5.75 Å². The summed E-state index contributed by atoms with van der Waals surface area (Å²) >= 11 is 0. The Morgan fingerprint density at radius 2 is 2.12 bits per heavy atom. The summed E-state index contributed by atoms with van der Waals surface area (Å²) in [5.74, 6) is -0.328. The fourth-order valence-electron chi connectivity index (χ4n) is 1.72. The fraction of sp³-hybridized carbons (Fsp3) is 0.538. The highest BCUT2D eigenvalue weighted by Gasteiger charge is 2.32. The Kier molecular flexibility index (Phi) is 3.92. The molecular weight excluding hydrogens is 207 g/mol. The monoisotopic (exact) mass is 226 g/mol. The van der Waals surface area contributed by atoms with Crippen molar-refractivity contribution in [2.24, 2.45) is 5.92 Å². The molecule has 0 spiro atoms. The lowest BCUT2D eigenvalue weighted by atomic mass is 9.82. The van der Waals surface area contributed by atoms with Gasteiger partial charge in [0.15, 0.2) is 11.6 Å². The van der Waals surface area contributed by atoms with Gasteiger partial charge in [0, 0.05) is 5.56 Å². The van der Waals surface area contributed by atoms with Crippen LogP contribution < -0.4 is 4.74 Å². The van der Waals surface area contributed by atoms with Crippen molar-refractivity contribution in [3.8, 4) is 5.75 Å². The minimum atomic E-state index is -1.17. The van der Waals surface area contributed by atoms with Crippen molar-refractivity contribution in [2.75, 3.05) is 7.11 Å². The van der Waals surface area contributed by atoms with Crippen LogP contribution >= 0.6 is 0 Å². The first-order valence-electron chi connectivity index (χ1n) is 5.50. The average molecular weight is 226 g/mol. The average Bonchev–Trinajstić information content (AvgIpc) is 2.27. The van der Waals surface area contributed by atoms with Crippen molar-refractivity contribution in [1.82, 2.24) is 0 Å². The first-order chi connectivity index (χ1) is 7.45. The van der Waals surface area contributed by atoms with E-state index in [9.17, 15) is 9.50 Å². The summed E-state index contributed by atoms with van der Waals surface area (Å²) in [5, 5.41) is 10.4. The van der Waals surface area contributed by atoms with Crippen molar-refractivity contribution in [3.05, 3.63) is 29.6 Å². The lowest BCUT2D eigenvalue weighted by Crippen LogP contribution is -2.30. The summed E-state index contributed by atoms with van der Waals surface area (Å²) in [6, 6.07) is 4.84. The predicted octanol–water partition coefficient (Wildman–Crippen LogP) is 3.09. The van der Waals surface area contributed by atoms with E-state index < -0.39 is 11.4 Å². The summed E-state index contributed by atoms with van der Waals surface area (Å²) in [4.78, 5) is 0. The molecule has 0 bridgehead atoms. The maximum atomic E-state index is 14.0. The van der Waals surface area contributed by atoms with Crippen molar-refractivity contribution in [2.45, 2.75) is 32.8 Å². The van der Waals surface area contributed by atoms with E-state index in [1.165, 1.54) is 7.11 Å². The van der Waals surface area contributed by atoms with Crippen LogP contribution in [0.15, 0.2) is 18.2 Å². The molecule has 0 aromatic heterocycles. The van der Waals surface area contributed by atoms with Gasteiger partial charge in [0.05, 0.1) is 12.7 Å². The van der Waals surface area contributed by atoms with Gasteiger partial charge in [0.25, 0.3) is 0 Å². The normalized spacial score (nSPS) is 16.6. The van der Waals surface area contributed by atoms with Crippen LogP contribution in [0.25, 0.3) is 0 Å². The molecule has 0 heterocycles. The standard InChI is InChI=1S/C13H19FO2/c1-5-9(2)13(3,15)10-7-6-8-11(16-4)12(10)14/h6-9,15H,5H2,1-4H3. The zero-order valence-electron chi connectivity index (χ0n) is 10.2. The van der Waals surface area contributed by atoms with Gasteiger partial charge in [-0.05, 0) is 18.9 Å². The number of ether oxygens (including phenoxy) is 1. The second-order valence-electron chi connectivity index (χ2n) is 4.28. The number of hydrogen-bond donors (Lipinski definition) is 1. The van der Waals surface area contributed by atoms with Gasteiger partial charge in [0.2, 0.25) is 0 Å². The van der Waals surface area contributed by atoms with E-state index in [0.29, 0.717) is 5.56 Å². The molecule has 0 radical (unpaired) electrons. The minimum absolute atomic E-state index is 0.0193. The number of aliphatic hydroxyl groups is 1. The van der Waals surface area contributed by atoms with E-state index >= 15 is 0 Å². The first kappa shape index (κ1) is 13.0. The van der Waals surface area contributed by atoms with E-state index in [2.05, 4.69) is 0 Å². The van der Waals surface area contributed by atoms with Crippen LogP contribution in [-0.4, -0.2) is 12.2 Å². The molecule has 2 atom stereocenters. The minimum Gasteiger partial charge on any atom is -0.494 e. The van der Waals surface area contributed by atoms with Crippen molar-refractivity contribution in [1.29, 1.82) is 0 Å². The van der Waals surface area contributed by atoms with Gasteiger partial charge < -0.3 is 9.84 Å². The Labute approximate surface area is 96.1 Å². The Morgan fingerprint density at radius 1 is 1.50 bits per heavy atom. The molecule has 2 nitrogen and oxygen atoms in total. The molecule has 0 aliphatic rings. The quantitative estimate of drug-likeness (QED) is 0.854. The molecule has 1 aromatic carbocycles. The Hall–Kier alpha value is -1.09. The van der Waals surface area contributed by atoms with E-state index in [0.717, 1.165) is 6.42 Å². The molecule has 2 unspecified atom stereocenters. The first-order valence-corrected chi connectivity index (χ1v) is 5.50. The predicted molar refractivity (Wildman–Crippen MR) is 62.0 cm³/mol. The smallest absolute Gasteiger partial charge is 0.171 e. The highest BCUT2D eigenvalue weighted by molar-refractivity contribution is 5.34. The molecular formula is C13H19FO2. The van der Waals surface area contributed by atoms with Crippen LogP contribution in [0.1, 0.15) is 32.8 Å². The molecule has 1 aromatic rings. The van der Waals surface area contributed by atoms with Gasteiger partial charge >= 0.3 is 0 Å².